The molecule has 1 aliphatic heterocycles. The number of pyridine rings is 1. The lowest BCUT2D eigenvalue weighted by Gasteiger charge is -2.19. The van der Waals surface area contributed by atoms with Crippen LogP contribution in [0, 0.1) is 6.92 Å². The maximum absolute atomic E-state index is 10.3. The number of ether oxygens (including phenoxy) is 2. The molecule has 0 bridgehead atoms. The Morgan fingerprint density at radius 1 is 1.13 bits per heavy atom. The molecule has 2 aromatic heterocycles. The first kappa shape index (κ1) is 14.1. The summed E-state index contributed by atoms with van der Waals surface area (Å²) in [6.07, 6.45) is 1.36. The van der Waals surface area contributed by atoms with Crippen LogP contribution in [0.5, 0.6) is 11.5 Å². The van der Waals surface area contributed by atoms with Gasteiger partial charge in [0.05, 0.1) is 17.5 Å². The van der Waals surface area contributed by atoms with E-state index in [-0.39, 0.29) is 0 Å². The monoisotopic (exact) mass is 310 g/mol. The molecule has 1 unspecified atom stereocenters. The van der Waals surface area contributed by atoms with Gasteiger partial charge >= 0.3 is 0 Å². The average molecular weight is 310 g/mol. The minimum atomic E-state index is -0.630. The lowest BCUT2D eigenvalue weighted by molar-refractivity contribution is 0.171. The highest BCUT2D eigenvalue weighted by Crippen LogP contribution is 2.36. The molecule has 23 heavy (non-hydrogen) atoms. The minimum Gasteiger partial charge on any atom is -0.486 e. The van der Waals surface area contributed by atoms with Gasteiger partial charge in [0.25, 0.3) is 0 Å². The molecule has 1 N–H and O–H groups in total. The van der Waals surface area contributed by atoms with Crippen LogP contribution in [0.2, 0.25) is 0 Å². The van der Waals surface area contributed by atoms with Gasteiger partial charge in [-0.15, -0.1) is 0 Å². The first-order chi connectivity index (χ1) is 11.1. The molecular weight excluding hydrogens is 292 g/mol. The normalized spacial score (nSPS) is 14.9. The summed E-state index contributed by atoms with van der Waals surface area (Å²) in [6, 6.07) is 9.75. The summed E-state index contributed by atoms with van der Waals surface area (Å²) in [6.45, 7) is 4.89. The van der Waals surface area contributed by atoms with E-state index in [9.17, 15) is 5.11 Å². The number of fused-ring (bicyclic) bond motifs is 2. The third-order valence-electron chi connectivity index (χ3n) is 4.01. The lowest BCUT2D eigenvalue weighted by atomic mass is 10.1. The Kier molecular flexibility index (Phi) is 3.23. The summed E-state index contributed by atoms with van der Waals surface area (Å²) in [5.74, 6) is 1.47. The van der Waals surface area contributed by atoms with E-state index in [1.165, 1.54) is 0 Å². The summed E-state index contributed by atoms with van der Waals surface area (Å²) in [5, 5.41) is 10.3. The second-order valence-corrected chi connectivity index (χ2v) is 5.81. The topological polar surface area (TPSA) is 56.0 Å². The van der Waals surface area contributed by atoms with E-state index in [1.54, 1.807) is 6.92 Å². The number of imidazole rings is 1. The molecule has 0 saturated carbocycles. The molecule has 4 rings (SSSR count). The third kappa shape index (κ3) is 2.33. The molecule has 3 heterocycles. The molecule has 5 nitrogen and oxygen atoms in total. The summed E-state index contributed by atoms with van der Waals surface area (Å²) in [7, 11) is 0. The second-order valence-electron chi connectivity index (χ2n) is 5.81. The molecule has 3 aromatic rings. The number of benzene rings is 1. The predicted octanol–water partition coefficient (Wildman–Crippen LogP) is 3.13. The number of rotatable bonds is 2. The van der Waals surface area contributed by atoms with E-state index >= 15 is 0 Å². The predicted molar refractivity (Wildman–Crippen MR) is 87.0 cm³/mol. The van der Waals surface area contributed by atoms with Crippen LogP contribution in [-0.2, 0) is 0 Å². The standard InChI is InChI=1S/C18H18N2O3/c1-11-3-6-16-19-17(18(12(2)21)20(16)10-11)13-4-5-14-15(9-13)23-8-7-22-14/h3-6,9-10,12,21H,7-8H2,1-2H3. The minimum absolute atomic E-state index is 0.546. The highest BCUT2D eigenvalue weighted by Gasteiger charge is 2.20. The van der Waals surface area contributed by atoms with E-state index in [4.69, 9.17) is 14.5 Å². The number of aryl methyl sites for hydroxylation is 1. The van der Waals surface area contributed by atoms with Crippen LogP contribution in [0.25, 0.3) is 16.9 Å². The van der Waals surface area contributed by atoms with Gasteiger partial charge in [0.15, 0.2) is 11.5 Å². The fourth-order valence-corrected chi connectivity index (χ4v) is 2.97. The Balaban J connectivity index is 1.93. The summed E-state index contributed by atoms with van der Waals surface area (Å²) < 4.78 is 13.2. The molecule has 0 spiro atoms. The Morgan fingerprint density at radius 3 is 2.70 bits per heavy atom. The highest BCUT2D eigenvalue weighted by molar-refractivity contribution is 5.70. The van der Waals surface area contributed by atoms with Gasteiger partial charge in [-0.3, -0.25) is 0 Å². The molecule has 118 valence electrons. The molecule has 1 aromatic carbocycles. The lowest BCUT2D eigenvalue weighted by Crippen LogP contribution is -2.15. The van der Waals surface area contributed by atoms with Gasteiger partial charge in [-0.1, -0.05) is 6.07 Å². The molecule has 0 aliphatic carbocycles. The van der Waals surface area contributed by atoms with Gasteiger partial charge in [0.2, 0.25) is 0 Å². The molecule has 0 saturated heterocycles. The van der Waals surface area contributed by atoms with Crippen molar-refractivity contribution in [2.24, 2.45) is 0 Å². The van der Waals surface area contributed by atoms with Gasteiger partial charge in [-0.05, 0) is 43.7 Å². The first-order valence-corrected chi connectivity index (χ1v) is 7.70. The third-order valence-corrected chi connectivity index (χ3v) is 4.01. The van der Waals surface area contributed by atoms with Crippen molar-refractivity contribution in [3.8, 4) is 22.8 Å². The molecule has 1 atom stereocenters. The largest absolute Gasteiger partial charge is 0.486 e. The number of aromatic nitrogens is 2. The number of hydrogen-bond acceptors (Lipinski definition) is 4. The highest BCUT2D eigenvalue weighted by atomic mass is 16.6. The number of hydrogen-bond donors (Lipinski definition) is 1. The molecular formula is C18H18N2O3. The van der Waals surface area contributed by atoms with Gasteiger partial charge in [-0.25, -0.2) is 4.98 Å². The van der Waals surface area contributed by atoms with Gasteiger partial charge in [0.1, 0.15) is 18.9 Å². The van der Waals surface area contributed by atoms with E-state index in [0.29, 0.717) is 13.2 Å². The molecule has 0 radical (unpaired) electrons. The number of aliphatic hydroxyl groups excluding tert-OH is 1. The molecule has 5 heteroatoms. The summed E-state index contributed by atoms with van der Waals surface area (Å²) in [4.78, 5) is 4.70. The zero-order valence-corrected chi connectivity index (χ0v) is 13.1. The van der Waals surface area contributed by atoms with Crippen molar-refractivity contribution < 1.29 is 14.6 Å². The Labute approximate surface area is 134 Å². The van der Waals surface area contributed by atoms with E-state index in [1.807, 2.05) is 47.9 Å². The van der Waals surface area contributed by atoms with E-state index in [0.717, 1.165) is 39.7 Å². The molecule has 0 amide bonds. The zero-order valence-electron chi connectivity index (χ0n) is 13.1. The van der Waals surface area contributed by atoms with Gasteiger partial charge < -0.3 is 19.0 Å². The van der Waals surface area contributed by atoms with Crippen molar-refractivity contribution in [2.45, 2.75) is 20.0 Å². The SMILES string of the molecule is Cc1ccc2nc(-c3ccc4c(c3)OCCO4)c(C(C)O)n2c1. The van der Waals surface area contributed by atoms with Crippen molar-refractivity contribution in [1.29, 1.82) is 0 Å². The van der Waals surface area contributed by atoms with Crippen LogP contribution in [0.4, 0.5) is 0 Å². The quantitative estimate of drug-likeness (QED) is 0.790. The van der Waals surface area contributed by atoms with E-state index < -0.39 is 6.10 Å². The second kappa shape index (κ2) is 5.28. The van der Waals surface area contributed by atoms with Gasteiger partial charge in [-0.2, -0.15) is 0 Å². The first-order valence-electron chi connectivity index (χ1n) is 7.70. The van der Waals surface area contributed by atoms with E-state index in [2.05, 4.69) is 0 Å². The summed E-state index contributed by atoms with van der Waals surface area (Å²) in [5.41, 5.74) is 4.39. The maximum Gasteiger partial charge on any atom is 0.162 e. The number of nitrogens with zero attached hydrogens (tertiary/aromatic N) is 2. The maximum atomic E-state index is 10.3. The van der Waals surface area contributed by atoms with Crippen molar-refractivity contribution >= 4 is 5.65 Å². The average Bonchev–Trinajstić information content (AvgIpc) is 2.93. The van der Waals surface area contributed by atoms with Crippen LogP contribution in [0.1, 0.15) is 24.3 Å². The molecule has 0 fully saturated rings. The zero-order chi connectivity index (χ0) is 16.0. The number of aliphatic hydroxyl groups is 1. The van der Waals surface area contributed by atoms with Crippen LogP contribution in [0.3, 0.4) is 0 Å². The fraction of sp³-hybridized carbons (Fsp3) is 0.278. The van der Waals surface area contributed by atoms with Crippen molar-refractivity contribution in [2.75, 3.05) is 13.2 Å². The smallest absolute Gasteiger partial charge is 0.162 e. The van der Waals surface area contributed by atoms with Crippen molar-refractivity contribution in [1.82, 2.24) is 9.38 Å². The Morgan fingerprint density at radius 2 is 1.91 bits per heavy atom. The van der Waals surface area contributed by atoms with Crippen molar-refractivity contribution in [3.05, 3.63) is 47.8 Å². The van der Waals surface area contributed by atoms with Crippen LogP contribution in [0.15, 0.2) is 36.5 Å². The van der Waals surface area contributed by atoms with Gasteiger partial charge in [0, 0.05) is 11.8 Å². The van der Waals surface area contributed by atoms with Crippen LogP contribution in [-0.4, -0.2) is 27.7 Å². The molecule has 1 aliphatic rings. The van der Waals surface area contributed by atoms with Crippen LogP contribution < -0.4 is 9.47 Å². The van der Waals surface area contributed by atoms with Crippen molar-refractivity contribution in [3.63, 3.8) is 0 Å². The Hall–Kier alpha value is -2.53. The Bertz CT molecular complexity index is 883. The summed E-state index contributed by atoms with van der Waals surface area (Å²) >= 11 is 0. The fourth-order valence-electron chi connectivity index (χ4n) is 2.97. The van der Waals surface area contributed by atoms with Crippen LogP contribution >= 0.6 is 0 Å².